The summed E-state index contributed by atoms with van der Waals surface area (Å²) in [7, 11) is 3.07. The van der Waals surface area contributed by atoms with Crippen LogP contribution in [0.4, 0.5) is 21.0 Å². The van der Waals surface area contributed by atoms with Crippen molar-refractivity contribution in [2.75, 3.05) is 24.9 Å². The Morgan fingerprint density at radius 1 is 0.861 bits per heavy atom. The van der Waals surface area contributed by atoms with Gasteiger partial charge in [0.15, 0.2) is 11.5 Å². The number of fused-ring (bicyclic) bond motifs is 1. The van der Waals surface area contributed by atoms with E-state index in [9.17, 15) is 14.7 Å². The standard InChI is InChI=1S/C25H21ClN4O6/c1-34-22-12-17-19(13-23(22)35-2)27-10-9-21(17)36-16-7-8-18(20(31)11-16)29-25(33)30-24(32)28-15-5-3-14(26)4-6-15/h3-13,31H,1-2H3,(H3,28,29,30,32,33). The highest BCUT2D eigenvalue weighted by molar-refractivity contribution is 6.30. The summed E-state index contributed by atoms with van der Waals surface area (Å²) in [6.45, 7) is 0. The maximum atomic E-state index is 12.2. The second-order valence-electron chi connectivity index (χ2n) is 7.35. The van der Waals surface area contributed by atoms with Gasteiger partial charge in [0.25, 0.3) is 0 Å². The molecular formula is C25H21ClN4O6. The summed E-state index contributed by atoms with van der Waals surface area (Å²) < 4.78 is 16.6. The number of aromatic nitrogens is 1. The average molecular weight is 509 g/mol. The molecule has 0 aliphatic carbocycles. The molecule has 0 saturated carbocycles. The molecule has 0 aliphatic rings. The van der Waals surface area contributed by atoms with Gasteiger partial charge in [-0.05, 0) is 48.5 Å². The molecule has 0 radical (unpaired) electrons. The number of benzene rings is 3. The number of urea groups is 2. The first-order valence-corrected chi connectivity index (χ1v) is 10.9. The zero-order valence-corrected chi connectivity index (χ0v) is 19.9. The Morgan fingerprint density at radius 3 is 2.25 bits per heavy atom. The summed E-state index contributed by atoms with van der Waals surface area (Å²) in [4.78, 5) is 28.5. The predicted octanol–water partition coefficient (Wildman–Crippen LogP) is 5.76. The van der Waals surface area contributed by atoms with E-state index in [2.05, 4.69) is 20.9 Å². The van der Waals surface area contributed by atoms with Gasteiger partial charge in [-0.3, -0.25) is 10.3 Å². The number of pyridine rings is 1. The Hall–Kier alpha value is -4.70. The van der Waals surface area contributed by atoms with Crippen LogP contribution in [0.15, 0.2) is 66.9 Å². The molecule has 10 nitrogen and oxygen atoms in total. The molecule has 0 spiro atoms. The zero-order valence-electron chi connectivity index (χ0n) is 19.2. The molecule has 0 aliphatic heterocycles. The molecule has 0 atom stereocenters. The molecule has 184 valence electrons. The van der Waals surface area contributed by atoms with Gasteiger partial charge in [0.05, 0.1) is 25.4 Å². The number of carbonyl (C=O) groups excluding carboxylic acids is 2. The van der Waals surface area contributed by atoms with Crippen LogP contribution in [-0.4, -0.2) is 36.4 Å². The van der Waals surface area contributed by atoms with Crippen LogP contribution in [0, 0.1) is 0 Å². The number of aromatic hydroxyl groups is 1. The molecule has 4 amide bonds. The lowest BCUT2D eigenvalue weighted by molar-refractivity contribution is 0.240. The number of amides is 4. The Labute approximate surface area is 210 Å². The molecule has 36 heavy (non-hydrogen) atoms. The number of rotatable bonds is 6. The highest BCUT2D eigenvalue weighted by Gasteiger charge is 2.14. The maximum Gasteiger partial charge on any atom is 0.327 e. The Bertz CT molecular complexity index is 1430. The molecular weight excluding hydrogens is 488 g/mol. The lowest BCUT2D eigenvalue weighted by atomic mass is 10.2. The van der Waals surface area contributed by atoms with Crippen molar-refractivity contribution in [3.63, 3.8) is 0 Å². The Balaban J connectivity index is 1.44. The zero-order chi connectivity index (χ0) is 25.7. The number of anilines is 2. The van der Waals surface area contributed by atoms with E-state index >= 15 is 0 Å². The molecule has 3 aromatic carbocycles. The van der Waals surface area contributed by atoms with Crippen molar-refractivity contribution in [1.29, 1.82) is 0 Å². The minimum Gasteiger partial charge on any atom is -0.506 e. The number of imide groups is 1. The first kappa shape index (κ1) is 24.4. The van der Waals surface area contributed by atoms with Crippen LogP contribution in [0.3, 0.4) is 0 Å². The van der Waals surface area contributed by atoms with Gasteiger partial charge in [0.1, 0.15) is 17.2 Å². The normalized spacial score (nSPS) is 10.4. The van der Waals surface area contributed by atoms with Crippen LogP contribution in [0.2, 0.25) is 5.02 Å². The molecule has 0 bridgehead atoms. The van der Waals surface area contributed by atoms with Crippen LogP contribution >= 0.6 is 11.6 Å². The van der Waals surface area contributed by atoms with Gasteiger partial charge in [-0.2, -0.15) is 0 Å². The smallest absolute Gasteiger partial charge is 0.327 e. The second-order valence-corrected chi connectivity index (χ2v) is 7.79. The van der Waals surface area contributed by atoms with E-state index in [4.69, 9.17) is 25.8 Å². The molecule has 4 aromatic rings. The quantitative estimate of drug-likeness (QED) is 0.243. The monoisotopic (exact) mass is 508 g/mol. The van der Waals surface area contributed by atoms with Gasteiger partial charge >= 0.3 is 12.1 Å². The van der Waals surface area contributed by atoms with E-state index in [1.54, 1.807) is 54.7 Å². The van der Waals surface area contributed by atoms with Crippen molar-refractivity contribution in [3.05, 3.63) is 71.9 Å². The van der Waals surface area contributed by atoms with Gasteiger partial charge in [-0.15, -0.1) is 0 Å². The first-order chi connectivity index (χ1) is 17.4. The van der Waals surface area contributed by atoms with E-state index in [1.165, 1.54) is 26.4 Å². The number of nitrogens with zero attached hydrogens (tertiary/aromatic N) is 1. The summed E-state index contributed by atoms with van der Waals surface area (Å²) in [6, 6.07) is 14.2. The SMILES string of the molecule is COc1cc2nccc(Oc3ccc(NC(=O)NC(=O)Nc4ccc(Cl)cc4)c(O)c3)c2cc1OC. The van der Waals surface area contributed by atoms with Crippen molar-refractivity contribution >= 4 is 45.9 Å². The summed E-state index contributed by atoms with van der Waals surface area (Å²) in [5, 5.41) is 18.6. The number of carbonyl (C=O) groups is 2. The number of halogens is 1. The van der Waals surface area contributed by atoms with Crippen molar-refractivity contribution in [3.8, 4) is 28.7 Å². The molecule has 0 fully saturated rings. The fraction of sp³-hybridized carbons (Fsp3) is 0.0800. The molecule has 1 heterocycles. The Morgan fingerprint density at radius 2 is 1.56 bits per heavy atom. The molecule has 1 aromatic heterocycles. The van der Waals surface area contributed by atoms with E-state index < -0.39 is 12.1 Å². The van der Waals surface area contributed by atoms with Crippen molar-refractivity contribution in [2.45, 2.75) is 0 Å². The average Bonchev–Trinajstić information content (AvgIpc) is 2.86. The number of hydrogen-bond donors (Lipinski definition) is 4. The van der Waals surface area contributed by atoms with E-state index in [1.807, 2.05) is 0 Å². The van der Waals surface area contributed by atoms with Crippen LogP contribution < -0.4 is 30.2 Å². The summed E-state index contributed by atoms with van der Waals surface area (Å²) in [5.41, 5.74) is 1.15. The number of phenolic OH excluding ortho intramolecular Hbond substituents is 1. The van der Waals surface area contributed by atoms with Crippen LogP contribution in [0.5, 0.6) is 28.7 Å². The minimum atomic E-state index is -0.841. The number of methoxy groups -OCH3 is 2. The van der Waals surface area contributed by atoms with E-state index in [-0.39, 0.29) is 11.4 Å². The molecule has 11 heteroatoms. The van der Waals surface area contributed by atoms with Crippen LogP contribution in [0.25, 0.3) is 10.9 Å². The number of nitrogens with one attached hydrogen (secondary N) is 3. The number of phenols is 1. The predicted molar refractivity (Wildman–Crippen MR) is 136 cm³/mol. The fourth-order valence-electron chi connectivity index (χ4n) is 3.30. The van der Waals surface area contributed by atoms with Crippen molar-refractivity contribution in [2.24, 2.45) is 0 Å². The van der Waals surface area contributed by atoms with Crippen molar-refractivity contribution in [1.82, 2.24) is 10.3 Å². The summed E-state index contributed by atoms with van der Waals surface area (Å²) >= 11 is 5.81. The lowest BCUT2D eigenvalue weighted by Gasteiger charge is -2.13. The van der Waals surface area contributed by atoms with Crippen LogP contribution in [0.1, 0.15) is 0 Å². The van der Waals surface area contributed by atoms with E-state index in [0.717, 1.165) is 0 Å². The summed E-state index contributed by atoms with van der Waals surface area (Å²) in [5.74, 6) is 1.55. The Kier molecular flexibility index (Phi) is 7.26. The third kappa shape index (κ3) is 5.68. The van der Waals surface area contributed by atoms with Gasteiger partial charge in [-0.25, -0.2) is 9.59 Å². The topological polar surface area (TPSA) is 131 Å². The maximum absolute atomic E-state index is 12.2. The molecule has 4 N–H and O–H groups in total. The minimum absolute atomic E-state index is 0.0742. The molecule has 0 saturated heterocycles. The first-order valence-electron chi connectivity index (χ1n) is 10.5. The van der Waals surface area contributed by atoms with Crippen molar-refractivity contribution < 1.29 is 28.9 Å². The molecule has 4 rings (SSSR count). The number of ether oxygens (including phenoxy) is 3. The van der Waals surface area contributed by atoms with Gasteiger partial charge in [0, 0.05) is 34.4 Å². The third-order valence-corrected chi connectivity index (χ3v) is 5.23. The van der Waals surface area contributed by atoms with Gasteiger partial charge in [-0.1, -0.05) is 11.6 Å². The highest BCUT2D eigenvalue weighted by atomic mass is 35.5. The van der Waals surface area contributed by atoms with Gasteiger partial charge in [0.2, 0.25) is 0 Å². The van der Waals surface area contributed by atoms with E-state index in [0.29, 0.717) is 44.6 Å². The largest absolute Gasteiger partial charge is 0.506 e. The van der Waals surface area contributed by atoms with Crippen LogP contribution in [-0.2, 0) is 0 Å². The highest BCUT2D eigenvalue weighted by Crippen LogP contribution is 2.38. The second kappa shape index (κ2) is 10.7. The fourth-order valence-corrected chi connectivity index (χ4v) is 3.42. The lowest BCUT2D eigenvalue weighted by Crippen LogP contribution is -2.37. The number of hydrogen-bond acceptors (Lipinski definition) is 7. The summed E-state index contributed by atoms with van der Waals surface area (Å²) in [6.07, 6.45) is 1.58. The molecule has 0 unspecified atom stereocenters. The van der Waals surface area contributed by atoms with Gasteiger partial charge < -0.3 is 30.0 Å². The third-order valence-electron chi connectivity index (χ3n) is 4.98.